The predicted octanol–water partition coefficient (Wildman–Crippen LogP) is 5.36. The van der Waals surface area contributed by atoms with Gasteiger partial charge in [0.15, 0.2) is 0 Å². The van der Waals surface area contributed by atoms with E-state index >= 15 is 0 Å². The lowest BCUT2D eigenvalue weighted by atomic mass is 9.70. The maximum absolute atomic E-state index is 14.9. The number of nitrogens with zero attached hydrogens (tertiary/aromatic N) is 3. The van der Waals surface area contributed by atoms with Gasteiger partial charge >= 0.3 is 0 Å². The van der Waals surface area contributed by atoms with Crippen molar-refractivity contribution in [2.45, 2.75) is 103 Å². The third-order valence-electron chi connectivity index (χ3n) is 9.54. The highest BCUT2D eigenvalue weighted by Gasteiger charge is 2.75. The van der Waals surface area contributed by atoms with Crippen molar-refractivity contribution in [3.8, 4) is 0 Å². The summed E-state index contributed by atoms with van der Waals surface area (Å²) in [6, 6.07) is 8.64. The number of ether oxygens (including phenoxy) is 1. The summed E-state index contributed by atoms with van der Waals surface area (Å²) in [4.78, 5) is 49.1. The molecule has 0 aromatic heterocycles. The average molecular weight is 608 g/mol. The topological polar surface area (TPSA) is 90.4 Å². The van der Waals surface area contributed by atoms with Gasteiger partial charge in [-0.3, -0.25) is 14.4 Å². The zero-order valence-electron chi connectivity index (χ0n) is 27.5. The van der Waals surface area contributed by atoms with Crippen LogP contribution in [-0.2, 0) is 19.1 Å². The molecule has 8 nitrogen and oxygen atoms in total. The van der Waals surface area contributed by atoms with Crippen molar-refractivity contribution >= 4 is 23.4 Å². The van der Waals surface area contributed by atoms with E-state index in [1.807, 2.05) is 35.2 Å². The zero-order valence-corrected chi connectivity index (χ0v) is 27.5. The predicted molar refractivity (Wildman–Crippen MR) is 174 cm³/mol. The summed E-state index contributed by atoms with van der Waals surface area (Å²) in [6.07, 6.45) is 8.06. The molecule has 1 spiro atoms. The summed E-state index contributed by atoms with van der Waals surface area (Å²) >= 11 is 0. The van der Waals surface area contributed by atoms with E-state index in [1.54, 1.807) is 22.0 Å². The first kappa shape index (κ1) is 33.9. The van der Waals surface area contributed by atoms with Crippen molar-refractivity contribution in [2.75, 3.05) is 31.1 Å². The number of fused-ring (bicyclic) bond motifs is 1. The second-order valence-electron chi connectivity index (χ2n) is 14.6. The molecule has 242 valence electrons. The minimum Gasteiger partial charge on any atom is -0.396 e. The van der Waals surface area contributed by atoms with Gasteiger partial charge in [-0.05, 0) is 63.5 Å². The molecule has 3 fully saturated rings. The van der Waals surface area contributed by atoms with Crippen LogP contribution in [-0.4, -0.2) is 82.2 Å². The van der Waals surface area contributed by atoms with E-state index in [-0.39, 0.29) is 29.7 Å². The molecule has 1 aromatic carbocycles. The van der Waals surface area contributed by atoms with Crippen LogP contribution in [0.25, 0.3) is 0 Å². The average Bonchev–Trinajstić information content (AvgIpc) is 3.60. The van der Waals surface area contributed by atoms with Crippen LogP contribution < -0.4 is 4.90 Å². The van der Waals surface area contributed by atoms with Crippen LogP contribution in [0.3, 0.4) is 0 Å². The van der Waals surface area contributed by atoms with Crippen LogP contribution in [0.4, 0.5) is 5.69 Å². The van der Waals surface area contributed by atoms with Gasteiger partial charge in [-0.2, -0.15) is 0 Å². The molecule has 3 amide bonds. The summed E-state index contributed by atoms with van der Waals surface area (Å²) < 4.78 is 6.76. The molecular weight excluding hydrogens is 554 g/mol. The highest BCUT2D eigenvalue weighted by molar-refractivity contribution is 6.03. The highest BCUT2D eigenvalue weighted by atomic mass is 16.5. The summed E-state index contributed by atoms with van der Waals surface area (Å²) in [5.74, 6) is -1.86. The molecule has 8 heteroatoms. The Labute approximate surface area is 264 Å². The van der Waals surface area contributed by atoms with Gasteiger partial charge in [0.2, 0.25) is 17.7 Å². The normalized spacial score (nSPS) is 26.0. The highest BCUT2D eigenvalue weighted by Crippen LogP contribution is 2.59. The lowest BCUT2D eigenvalue weighted by Gasteiger charge is -2.45. The number of amides is 3. The van der Waals surface area contributed by atoms with E-state index in [4.69, 9.17) is 4.74 Å². The molecule has 1 N–H and O–H groups in total. The molecule has 1 aromatic rings. The molecule has 2 bridgehead atoms. The molecule has 0 radical (unpaired) electrons. The molecule has 3 aliphatic rings. The number of aliphatic hydroxyl groups is 1. The Morgan fingerprint density at radius 1 is 1.02 bits per heavy atom. The van der Waals surface area contributed by atoms with E-state index < -0.39 is 35.1 Å². The number of carbonyl (C=O) groups excluding carboxylic acids is 3. The molecule has 3 aliphatic heterocycles. The van der Waals surface area contributed by atoms with Crippen molar-refractivity contribution in [1.29, 1.82) is 0 Å². The number of aliphatic hydroxyl groups excluding tert-OH is 1. The van der Waals surface area contributed by atoms with Crippen LogP contribution in [0.2, 0.25) is 0 Å². The molecule has 2 unspecified atom stereocenters. The van der Waals surface area contributed by atoms with Crippen LogP contribution >= 0.6 is 0 Å². The second kappa shape index (κ2) is 13.6. The van der Waals surface area contributed by atoms with E-state index in [0.717, 1.165) is 24.9 Å². The van der Waals surface area contributed by atoms with Gasteiger partial charge in [0.25, 0.3) is 0 Å². The Kier molecular flexibility index (Phi) is 10.5. The second-order valence-corrected chi connectivity index (χ2v) is 14.6. The quantitative estimate of drug-likeness (QED) is 0.214. The van der Waals surface area contributed by atoms with Gasteiger partial charge in [-0.1, -0.05) is 64.0 Å². The van der Waals surface area contributed by atoms with E-state index in [2.05, 4.69) is 47.8 Å². The Bertz CT molecular complexity index is 1210. The van der Waals surface area contributed by atoms with Gasteiger partial charge in [-0.15, -0.1) is 13.2 Å². The summed E-state index contributed by atoms with van der Waals surface area (Å²) in [5.41, 5.74) is -0.853. The lowest BCUT2D eigenvalue weighted by Crippen LogP contribution is -2.61. The fraction of sp³-hybridized carbons (Fsp3) is 0.639. The molecule has 0 aliphatic carbocycles. The number of carbonyl (C=O) groups is 3. The monoisotopic (exact) mass is 607 g/mol. The fourth-order valence-corrected chi connectivity index (χ4v) is 8.25. The minimum atomic E-state index is -1.06. The van der Waals surface area contributed by atoms with Crippen LogP contribution in [0, 0.1) is 17.3 Å². The van der Waals surface area contributed by atoms with E-state index in [9.17, 15) is 19.5 Å². The Balaban J connectivity index is 1.74. The molecule has 3 saturated heterocycles. The van der Waals surface area contributed by atoms with Crippen LogP contribution in [0.5, 0.6) is 0 Å². The van der Waals surface area contributed by atoms with Crippen LogP contribution in [0.15, 0.2) is 55.6 Å². The molecular formula is C36H53N3O5. The lowest BCUT2D eigenvalue weighted by molar-refractivity contribution is -0.152. The molecule has 4 rings (SSSR count). The molecule has 5 atom stereocenters. The van der Waals surface area contributed by atoms with Crippen molar-refractivity contribution in [3.63, 3.8) is 0 Å². The van der Waals surface area contributed by atoms with Gasteiger partial charge in [0, 0.05) is 37.5 Å². The number of para-hydroxylation sites is 1. The molecule has 3 heterocycles. The number of likely N-dealkylation sites (tertiary alicyclic amines) is 1. The number of hydrogen-bond acceptors (Lipinski definition) is 5. The van der Waals surface area contributed by atoms with Gasteiger partial charge in [0.05, 0.1) is 17.9 Å². The van der Waals surface area contributed by atoms with Crippen molar-refractivity contribution < 1.29 is 24.2 Å². The van der Waals surface area contributed by atoms with Crippen LogP contribution in [0.1, 0.15) is 79.6 Å². The Hall–Kier alpha value is -2.97. The summed E-state index contributed by atoms with van der Waals surface area (Å²) in [7, 11) is 0. The van der Waals surface area contributed by atoms with Crippen molar-refractivity contribution in [3.05, 3.63) is 55.6 Å². The largest absolute Gasteiger partial charge is 0.396 e. The summed E-state index contributed by atoms with van der Waals surface area (Å²) in [6.45, 7) is 19.7. The molecule has 0 saturated carbocycles. The number of rotatable bonds is 15. The maximum atomic E-state index is 14.9. The first-order chi connectivity index (χ1) is 20.8. The maximum Gasteiger partial charge on any atom is 0.249 e. The number of anilines is 1. The van der Waals surface area contributed by atoms with Crippen molar-refractivity contribution in [1.82, 2.24) is 9.80 Å². The van der Waals surface area contributed by atoms with Gasteiger partial charge in [-0.25, -0.2) is 0 Å². The fourth-order valence-electron chi connectivity index (χ4n) is 8.25. The van der Waals surface area contributed by atoms with Gasteiger partial charge in [0.1, 0.15) is 11.6 Å². The van der Waals surface area contributed by atoms with E-state index in [0.29, 0.717) is 45.3 Å². The third kappa shape index (κ3) is 6.52. The Morgan fingerprint density at radius 2 is 1.68 bits per heavy atom. The summed E-state index contributed by atoms with van der Waals surface area (Å²) in [5, 5.41) is 9.25. The zero-order chi connectivity index (χ0) is 32.3. The first-order valence-electron chi connectivity index (χ1n) is 16.3. The Morgan fingerprint density at radius 3 is 2.30 bits per heavy atom. The van der Waals surface area contributed by atoms with E-state index in [1.165, 1.54) is 0 Å². The SMILES string of the molecule is C=CCN(C(=O)[C@@H]1[C@@H]2CCC3(O2)C(C(=O)N(CC=C)C(C)(C)CC(C)(C)C)N(CCCCCCO)C(=O)[C@H]13)c1ccccc1. The van der Waals surface area contributed by atoms with Crippen molar-refractivity contribution in [2.24, 2.45) is 17.3 Å². The first-order valence-corrected chi connectivity index (χ1v) is 16.3. The third-order valence-corrected chi connectivity index (χ3v) is 9.54. The minimum absolute atomic E-state index is 0.0339. The number of hydrogen-bond donors (Lipinski definition) is 1. The number of benzene rings is 1. The standard InChI is InChI=1S/C36H53N3O5/c1-8-21-37(26-17-13-12-14-18-26)31(41)28-27-19-20-36(44-27)29(28)32(42)38(23-15-10-11-16-24-40)30(36)33(43)39(22-9-2)35(6,7)25-34(3,4)5/h8-9,12-14,17-18,27-30,40H,1-2,10-11,15-16,19-25H2,3-7H3/t27-,28+,29-,30?,36?/m0/s1. The number of unbranched alkanes of at least 4 members (excludes halogenated alkanes) is 3. The molecule has 44 heavy (non-hydrogen) atoms. The van der Waals surface area contributed by atoms with Gasteiger partial charge < -0.3 is 24.5 Å². The smallest absolute Gasteiger partial charge is 0.249 e.